The molecule has 1 aromatic carbocycles. The van der Waals surface area contributed by atoms with Gasteiger partial charge in [0.1, 0.15) is 17.4 Å². The van der Waals surface area contributed by atoms with Crippen LogP contribution in [0.5, 0.6) is 5.75 Å². The Kier molecular flexibility index (Phi) is 16.3. The number of esters is 1. The van der Waals surface area contributed by atoms with Crippen molar-refractivity contribution in [2.45, 2.75) is 42.0 Å². The van der Waals surface area contributed by atoms with Gasteiger partial charge in [-0.2, -0.15) is 5.26 Å². The largest absolute Gasteiger partial charge is 0.422 e. The van der Waals surface area contributed by atoms with E-state index in [-0.39, 0.29) is 13.0 Å². The zero-order chi connectivity index (χ0) is 14.6. The molecular weight excluding hydrogens is 238 g/mol. The highest BCUT2D eigenvalue weighted by Gasteiger charge is 2.08. The molecule has 106 valence electrons. The van der Waals surface area contributed by atoms with Crippen LogP contribution in [0.15, 0.2) is 36.4 Å². The van der Waals surface area contributed by atoms with Crippen molar-refractivity contribution in [1.29, 1.82) is 5.26 Å². The Morgan fingerprint density at radius 3 is 1.95 bits per heavy atom. The summed E-state index contributed by atoms with van der Waals surface area (Å²) in [5.74, 6) is -0.298. The Morgan fingerprint density at radius 1 is 1.16 bits per heavy atom. The second kappa shape index (κ2) is 14.0. The van der Waals surface area contributed by atoms with Crippen LogP contribution >= 0.6 is 0 Å². The van der Waals surface area contributed by atoms with Crippen molar-refractivity contribution >= 4 is 5.97 Å². The second-order valence-corrected chi connectivity index (χ2v) is 2.79. The number of benzene rings is 1. The lowest BCUT2D eigenvalue weighted by Gasteiger charge is -2.01. The summed E-state index contributed by atoms with van der Waals surface area (Å²) in [7, 11) is 0. The molecule has 0 fully saturated rings. The van der Waals surface area contributed by atoms with Crippen LogP contribution in [0.1, 0.15) is 40.7 Å². The number of carbonyl (C=O) groups is 1. The van der Waals surface area contributed by atoms with Gasteiger partial charge in [-0.25, -0.2) is 4.79 Å². The van der Waals surface area contributed by atoms with Crippen LogP contribution in [0, 0.1) is 18.3 Å². The zero-order valence-corrected chi connectivity index (χ0v) is 11.8. The third-order valence-corrected chi connectivity index (χ3v) is 1.61. The summed E-state index contributed by atoms with van der Waals surface area (Å²) in [4.78, 5) is 11.1. The molecule has 0 atom stereocenters. The number of ether oxygens (including phenoxy) is 1. The molecule has 0 radical (unpaired) electrons. The van der Waals surface area contributed by atoms with Gasteiger partial charge >= 0.3 is 5.97 Å². The molecule has 3 nitrogen and oxygen atoms in total. The van der Waals surface area contributed by atoms with Gasteiger partial charge in [0.15, 0.2) is 0 Å². The number of rotatable bonds is 2. The van der Waals surface area contributed by atoms with E-state index in [1.807, 2.05) is 46.8 Å². The monoisotopic (exact) mass is 263 g/mol. The Morgan fingerprint density at radius 2 is 1.58 bits per heavy atom. The fourth-order valence-electron chi connectivity index (χ4n) is 0.821. The first-order valence-electron chi connectivity index (χ1n) is 6.01. The Bertz CT molecular complexity index is 400. The van der Waals surface area contributed by atoms with E-state index in [2.05, 4.69) is 6.58 Å². The molecule has 0 aromatic heterocycles. The number of nitrogens with zero attached hydrogens (tertiary/aromatic N) is 1. The van der Waals surface area contributed by atoms with Gasteiger partial charge in [-0.05, 0) is 19.1 Å². The third-order valence-electron chi connectivity index (χ3n) is 1.61. The summed E-state index contributed by atoms with van der Waals surface area (Å²) in [5, 5.41) is 8.38. The molecule has 0 saturated carbocycles. The van der Waals surface area contributed by atoms with Crippen LogP contribution in [0.3, 0.4) is 0 Å². The van der Waals surface area contributed by atoms with Crippen LogP contribution in [-0.2, 0) is 4.79 Å². The van der Waals surface area contributed by atoms with Crippen molar-refractivity contribution in [1.82, 2.24) is 0 Å². The van der Waals surface area contributed by atoms with Gasteiger partial charge < -0.3 is 4.74 Å². The van der Waals surface area contributed by atoms with Crippen molar-refractivity contribution in [2.24, 2.45) is 0 Å². The zero-order valence-electron chi connectivity index (χ0n) is 11.8. The highest BCUT2D eigenvalue weighted by Crippen LogP contribution is 2.12. The van der Waals surface area contributed by atoms with Gasteiger partial charge in [0, 0.05) is 0 Å². The lowest BCUT2D eigenvalue weighted by molar-refractivity contribution is -0.129. The lowest BCUT2D eigenvalue weighted by atomic mass is 10.2. The third kappa shape index (κ3) is 9.61. The topological polar surface area (TPSA) is 50.1 Å². The summed E-state index contributed by atoms with van der Waals surface area (Å²) >= 11 is 0. The fraction of sp³-hybridized carbons (Fsp3) is 0.375. The number of nitriles is 1. The minimum atomic E-state index is -0.712. The fourth-order valence-corrected chi connectivity index (χ4v) is 0.821. The van der Waals surface area contributed by atoms with E-state index >= 15 is 0 Å². The van der Waals surface area contributed by atoms with E-state index < -0.39 is 5.97 Å². The number of hydrogen-bond acceptors (Lipinski definition) is 3. The lowest BCUT2D eigenvalue weighted by Crippen LogP contribution is -2.08. The van der Waals surface area contributed by atoms with Crippen LogP contribution in [0.4, 0.5) is 0 Å². The van der Waals surface area contributed by atoms with E-state index in [4.69, 9.17) is 10.00 Å². The number of aryl methyl sites for hydroxylation is 1. The molecule has 19 heavy (non-hydrogen) atoms. The standard InChI is InChI=1S/C11H9NO2.2C2H6.CH4/c1-8-3-5-10(6-4-8)14-11(13)9(2)7-12;2*1-2;/h3-6H,2H2,1H3;2*1-2H3;1H4. The molecule has 0 saturated heterocycles. The van der Waals surface area contributed by atoms with Gasteiger partial charge in [0.25, 0.3) is 0 Å². The Hall–Kier alpha value is -2.08. The van der Waals surface area contributed by atoms with E-state index in [1.165, 1.54) is 0 Å². The highest BCUT2D eigenvalue weighted by molar-refractivity contribution is 5.93. The first kappa shape index (κ1) is 22.1. The van der Waals surface area contributed by atoms with Crippen molar-refractivity contribution < 1.29 is 9.53 Å². The van der Waals surface area contributed by atoms with Crippen molar-refractivity contribution in [2.75, 3.05) is 0 Å². The molecule has 0 spiro atoms. The summed E-state index contributed by atoms with van der Waals surface area (Å²) in [6.07, 6.45) is 0. The summed E-state index contributed by atoms with van der Waals surface area (Å²) < 4.78 is 4.86. The maximum absolute atomic E-state index is 11.1. The van der Waals surface area contributed by atoms with E-state index in [0.717, 1.165) is 5.56 Å². The first-order chi connectivity index (χ1) is 8.63. The predicted octanol–water partition coefficient (Wildman–Crippen LogP) is 4.67. The van der Waals surface area contributed by atoms with Crippen molar-refractivity contribution in [3.05, 3.63) is 42.0 Å². The van der Waals surface area contributed by atoms with Crippen molar-refractivity contribution in [3.63, 3.8) is 0 Å². The van der Waals surface area contributed by atoms with Gasteiger partial charge in [-0.1, -0.05) is 59.4 Å². The first-order valence-corrected chi connectivity index (χ1v) is 6.01. The second-order valence-electron chi connectivity index (χ2n) is 2.79. The molecule has 1 aromatic rings. The molecule has 0 aliphatic carbocycles. The van der Waals surface area contributed by atoms with Crippen molar-refractivity contribution in [3.8, 4) is 11.8 Å². The maximum atomic E-state index is 11.1. The highest BCUT2D eigenvalue weighted by atomic mass is 16.5. The molecule has 0 unspecified atom stereocenters. The minimum Gasteiger partial charge on any atom is -0.422 e. The smallest absolute Gasteiger partial charge is 0.353 e. The van der Waals surface area contributed by atoms with Gasteiger partial charge in [0.05, 0.1) is 0 Å². The Labute approximate surface area is 117 Å². The summed E-state index contributed by atoms with van der Waals surface area (Å²) in [6.45, 7) is 13.2. The molecule has 0 N–H and O–H groups in total. The average molecular weight is 263 g/mol. The molecule has 0 amide bonds. The van der Waals surface area contributed by atoms with E-state index in [0.29, 0.717) is 5.75 Å². The normalized spacial score (nSPS) is 7.16. The van der Waals surface area contributed by atoms with Crippen LogP contribution in [-0.4, -0.2) is 5.97 Å². The molecule has 1 rings (SSSR count). The Balaban J connectivity index is -0.000000467. The average Bonchev–Trinajstić information content (AvgIpc) is 2.44. The SMILES string of the molecule is C.C=C(C#N)C(=O)Oc1ccc(C)cc1.CC.CC. The van der Waals surface area contributed by atoms with Gasteiger partial charge in [-0.15, -0.1) is 0 Å². The quantitative estimate of drug-likeness (QED) is 0.337. The maximum Gasteiger partial charge on any atom is 0.353 e. The molecule has 0 aliphatic heterocycles. The molecule has 3 heteroatoms. The predicted molar refractivity (Wildman–Crippen MR) is 81.0 cm³/mol. The summed E-state index contributed by atoms with van der Waals surface area (Å²) in [5.41, 5.74) is 0.870. The number of hydrogen-bond donors (Lipinski definition) is 0. The van der Waals surface area contributed by atoms with E-state index in [1.54, 1.807) is 18.2 Å². The minimum absolute atomic E-state index is 0. The summed E-state index contributed by atoms with van der Waals surface area (Å²) in [6, 6.07) is 8.59. The van der Waals surface area contributed by atoms with E-state index in [9.17, 15) is 4.79 Å². The number of carbonyl (C=O) groups excluding carboxylic acids is 1. The molecule has 0 aliphatic rings. The molecule has 0 heterocycles. The molecule has 0 bridgehead atoms. The van der Waals surface area contributed by atoms with Gasteiger partial charge in [-0.3, -0.25) is 0 Å². The van der Waals surface area contributed by atoms with Crippen LogP contribution < -0.4 is 4.74 Å². The van der Waals surface area contributed by atoms with Crippen LogP contribution in [0.2, 0.25) is 0 Å². The van der Waals surface area contributed by atoms with Crippen LogP contribution in [0.25, 0.3) is 0 Å². The van der Waals surface area contributed by atoms with Gasteiger partial charge in [0.2, 0.25) is 0 Å². The molecular formula is C16H25NO2.